The second-order valence-corrected chi connectivity index (χ2v) is 8.58. The number of carbonyl (C=O) groups is 1. The van der Waals surface area contributed by atoms with Crippen molar-refractivity contribution in [2.75, 3.05) is 5.32 Å². The minimum Gasteiger partial charge on any atom is -0.310 e. The van der Waals surface area contributed by atoms with Gasteiger partial charge in [-0.05, 0) is 49.9 Å². The number of rotatable bonds is 5. The molecule has 2 N–H and O–H groups in total. The summed E-state index contributed by atoms with van der Waals surface area (Å²) in [6, 6.07) is 8.84. The molecule has 0 aliphatic heterocycles. The maximum absolute atomic E-state index is 12.7. The summed E-state index contributed by atoms with van der Waals surface area (Å²) in [6.07, 6.45) is 6.50. The molecule has 3 aromatic heterocycles. The molecule has 1 aromatic carbocycles. The number of nitrogens with one attached hydrogen (secondary N) is 2. The topological polar surface area (TPSA) is 110 Å². The molecule has 10 heteroatoms. The summed E-state index contributed by atoms with van der Waals surface area (Å²) in [5.41, 5.74) is 1.44. The van der Waals surface area contributed by atoms with Crippen LogP contribution in [0, 0.1) is 12.8 Å². The smallest absolute Gasteiger partial charge is 0.263 e. The molecule has 0 saturated heterocycles. The Balaban J connectivity index is 1.52. The van der Waals surface area contributed by atoms with Crippen LogP contribution in [0.1, 0.15) is 37.8 Å². The summed E-state index contributed by atoms with van der Waals surface area (Å²) >= 11 is 5.99. The highest BCUT2D eigenvalue weighted by atomic mass is 35.5. The third-order valence-electron chi connectivity index (χ3n) is 5.75. The fraction of sp³-hybridized carbons (Fsp3) is 0.318. The van der Waals surface area contributed by atoms with Crippen molar-refractivity contribution in [3.8, 4) is 11.6 Å². The van der Waals surface area contributed by atoms with E-state index in [2.05, 4.69) is 25.5 Å². The van der Waals surface area contributed by atoms with E-state index in [1.165, 1.54) is 23.7 Å². The zero-order chi connectivity index (χ0) is 22.2. The van der Waals surface area contributed by atoms with Crippen LogP contribution in [-0.4, -0.2) is 35.4 Å². The van der Waals surface area contributed by atoms with Crippen molar-refractivity contribution in [3.63, 3.8) is 0 Å². The maximum atomic E-state index is 12.7. The largest absolute Gasteiger partial charge is 0.310 e. The zero-order valence-electron chi connectivity index (χ0n) is 17.5. The van der Waals surface area contributed by atoms with Crippen molar-refractivity contribution >= 4 is 34.4 Å². The van der Waals surface area contributed by atoms with Gasteiger partial charge in [0.1, 0.15) is 11.2 Å². The van der Waals surface area contributed by atoms with Gasteiger partial charge in [-0.15, -0.1) is 0 Å². The van der Waals surface area contributed by atoms with Gasteiger partial charge < -0.3 is 5.32 Å². The zero-order valence-corrected chi connectivity index (χ0v) is 18.3. The molecule has 3 heterocycles. The standard InChI is InChI=1S/C22H22ClN7O2/c1-13-10-18(25-19(31)11-14-4-2-3-5-14)30(28-13)22-26-20-17(21(32)27-22)12-24-29(20)16-8-6-15(23)7-9-16/h6-10,12,14H,2-5,11H2,1H3,(H,25,31)(H,26,27,32). The summed E-state index contributed by atoms with van der Waals surface area (Å²) in [5.74, 6) is 1.02. The maximum Gasteiger partial charge on any atom is 0.263 e. The first-order valence-corrected chi connectivity index (χ1v) is 11.0. The molecule has 1 amide bonds. The van der Waals surface area contributed by atoms with Gasteiger partial charge in [0.2, 0.25) is 11.9 Å². The minimum atomic E-state index is -0.346. The number of halogens is 1. The molecule has 0 bridgehead atoms. The van der Waals surface area contributed by atoms with Gasteiger partial charge >= 0.3 is 0 Å². The lowest BCUT2D eigenvalue weighted by atomic mass is 10.0. The lowest BCUT2D eigenvalue weighted by Gasteiger charge is -2.11. The Morgan fingerprint density at radius 1 is 1.22 bits per heavy atom. The SMILES string of the molecule is Cc1cc(NC(=O)CC2CCCC2)n(-c2nc3c(cnn3-c3ccc(Cl)cc3)c(=O)[nH]2)n1. The fourth-order valence-electron chi connectivity index (χ4n) is 4.20. The molecule has 0 radical (unpaired) electrons. The summed E-state index contributed by atoms with van der Waals surface area (Å²) in [7, 11) is 0. The fourth-order valence-corrected chi connectivity index (χ4v) is 4.32. The quantitative estimate of drug-likeness (QED) is 0.479. The number of hydrogen-bond acceptors (Lipinski definition) is 5. The van der Waals surface area contributed by atoms with Crippen molar-refractivity contribution in [2.24, 2.45) is 5.92 Å². The highest BCUT2D eigenvalue weighted by molar-refractivity contribution is 6.30. The van der Waals surface area contributed by atoms with Crippen LogP contribution in [-0.2, 0) is 4.79 Å². The van der Waals surface area contributed by atoms with Crippen molar-refractivity contribution < 1.29 is 4.79 Å². The first kappa shape index (κ1) is 20.4. The van der Waals surface area contributed by atoms with Crippen molar-refractivity contribution in [1.29, 1.82) is 0 Å². The van der Waals surface area contributed by atoms with Crippen LogP contribution in [0.4, 0.5) is 5.82 Å². The molecule has 0 unspecified atom stereocenters. The van der Waals surface area contributed by atoms with E-state index in [9.17, 15) is 9.59 Å². The number of anilines is 1. The van der Waals surface area contributed by atoms with Crippen LogP contribution in [0.5, 0.6) is 0 Å². The number of aryl methyl sites for hydroxylation is 1. The van der Waals surface area contributed by atoms with Gasteiger partial charge in [0.05, 0.1) is 17.6 Å². The van der Waals surface area contributed by atoms with Gasteiger partial charge in [-0.2, -0.15) is 19.9 Å². The molecule has 1 saturated carbocycles. The monoisotopic (exact) mass is 451 g/mol. The normalized spacial score (nSPS) is 14.3. The number of benzene rings is 1. The van der Waals surface area contributed by atoms with E-state index in [1.807, 2.05) is 6.92 Å². The highest BCUT2D eigenvalue weighted by Crippen LogP contribution is 2.28. The third kappa shape index (κ3) is 3.91. The lowest BCUT2D eigenvalue weighted by Crippen LogP contribution is -2.20. The number of H-pyrrole nitrogens is 1. The van der Waals surface area contributed by atoms with Crippen molar-refractivity contribution in [2.45, 2.75) is 39.0 Å². The Morgan fingerprint density at radius 3 is 2.72 bits per heavy atom. The predicted molar refractivity (Wildman–Crippen MR) is 122 cm³/mol. The Morgan fingerprint density at radius 2 is 1.97 bits per heavy atom. The molecule has 9 nitrogen and oxygen atoms in total. The van der Waals surface area contributed by atoms with Crippen LogP contribution < -0.4 is 10.9 Å². The van der Waals surface area contributed by atoms with E-state index in [0.717, 1.165) is 18.5 Å². The molecule has 0 spiro atoms. The molecule has 5 rings (SSSR count). The van der Waals surface area contributed by atoms with Crippen LogP contribution in [0.25, 0.3) is 22.7 Å². The molecule has 0 atom stereocenters. The second kappa shape index (κ2) is 8.23. The van der Waals surface area contributed by atoms with E-state index in [4.69, 9.17) is 11.6 Å². The van der Waals surface area contributed by atoms with E-state index in [1.54, 1.807) is 35.0 Å². The Bertz CT molecular complexity index is 1350. The van der Waals surface area contributed by atoms with Gasteiger partial charge in [-0.1, -0.05) is 24.4 Å². The Kier molecular flexibility index (Phi) is 5.26. The second-order valence-electron chi connectivity index (χ2n) is 8.15. The first-order valence-electron chi connectivity index (χ1n) is 10.6. The average molecular weight is 452 g/mol. The van der Waals surface area contributed by atoms with Crippen LogP contribution in [0.15, 0.2) is 41.3 Å². The van der Waals surface area contributed by atoms with Crippen molar-refractivity contribution in [1.82, 2.24) is 29.5 Å². The summed E-state index contributed by atoms with van der Waals surface area (Å²) in [6.45, 7) is 1.82. The molecule has 32 heavy (non-hydrogen) atoms. The van der Waals surface area contributed by atoms with E-state index < -0.39 is 0 Å². The van der Waals surface area contributed by atoms with Gasteiger partial charge in [-0.3, -0.25) is 14.6 Å². The highest BCUT2D eigenvalue weighted by Gasteiger charge is 2.21. The van der Waals surface area contributed by atoms with E-state index in [0.29, 0.717) is 39.9 Å². The molecular formula is C22H22ClN7O2. The van der Waals surface area contributed by atoms with Gasteiger partial charge in [0.15, 0.2) is 5.65 Å². The van der Waals surface area contributed by atoms with Gasteiger partial charge in [0.25, 0.3) is 5.56 Å². The summed E-state index contributed by atoms with van der Waals surface area (Å²) < 4.78 is 3.01. The number of fused-ring (bicyclic) bond motifs is 1. The number of amides is 1. The predicted octanol–water partition coefficient (Wildman–Crippen LogP) is 3.78. The number of aromatic amines is 1. The molecule has 1 fully saturated rings. The minimum absolute atomic E-state index is 0.0623. The number of aromatic nitrogens is 6. The van der Waals surface area contributed by atoms with Crippen LogP contribution in [0.2, 0.25) is 5.02 Å². The molecular weight excluding hydrogens is 430 g/mol. The molecule has 1 aliphatic carbocycles. The van der Waals surface area contributed by atoms with Crippen LogP contribution in [0.3, 0.4) is 0 Å². The summed E-state index contributed by atoms with van der Waals surface area (Å²) in [4.78, 5) is 32.7. The van der Waals surface area contributed by atoms with Crippen molar-refractivity contribution in [3.05, 3.63) is 57.6 Å². The van der Waals surface area contributed by atoms with E-state index >= 15 is 0 Å². The Hall–Kier alpha value is -3.46. The third-order valence-corrected chi connectivity index (χ3v) is 6.00. The number of carbonyl (C=O) groups excluding carboxylic acids is 1. The Labute approximate surface area is 188 Å². The van der Waals surface area contributed by atoms with Crippen LogP contribution >= 0.6 is 11.6 Å². The molecule has 164 valence electrons. The summed E-state index contributed by atoms with van der Waals surface area (Å²) in [5, 5.41) is 12.6. The molecule has 4 aromatic rings. The number of hydrogen-bond donors (Lipinski definition) is 2. The molecule has 1 aliphatic rings. The van der Waals surface area contributed by atoms with Gasteiger partial charge in [0, 0.05) is 17.5 Å². The average Bonchev–Trinajstić information content (AvgIpc) is 3.49. The first-order chi connectivity index (χ1) is 15.5. The van der Waals surface area contributed by atoms with E-state index in [-0.39, 0.29) is 17.4 Å². The van der Waals surface area contributed by atoms with Gasteiger partial charge in [-0.25, -0.2) is 4.68 Å². The number of nitrogens with zero attached hydrogens (tertiary/aromatic N) is 5. The lowest BCUT2D eigenvalue weighted by molar-refractivity contribution is -0.117.